The molecule has 0 saturated carbocycles. The molecule has 0 aliphatic heterocycles. The van der Waals surface area contributed by atoms with Crippen LogP contribution >= 0.6 is 0 Å². The van der Waals surface area contributed by atoms with Gasteiger partial charge in [-0.15, -0.1) is 0 Å². The van der Waals surface area contributed by atoms with Crippen LogP contribution in [0.25, 0.3) is 0 Å². The predicted molar refractivity (Wildman–Crippen MR) is 65.8 cm³/mol. The second-order valence-corrected chi connectivity index (χ2v) is 6.50. The molecule has 0 aromatic carbocycles. The summed E-state index contributed by atoms with van der Waals surface area (Å²) in [5.41, 5.74) is 2.24. The second kappa shape index (κ2) is 6.54. The Morgan fingerprint density at radius 2 is 2.00 bits per heavy atom. The summed E-state index contributed by atoms with van der Waals surface area (Å²) in [6.45, 7) is 6.45. The lowest BCUT2D eigenvalue weighted by Crippen LogP contribution is -2.53. The Bertz CT molecular complexity index is 292. The normalized spacial score (nSPS) is 18.1. The summed E-state index contributed by atoms with van der Waals surface area (Å²) >= 11 is 0. The van der Waals surface area contributed by atoms with E-state index in [2.05, 4.69) is 5.43 Å². The van der Waals surface area contributed by atoms with Crippen molar-refractivity contribution in [1.29, 1.82) is 0 Å². The molecule has 0 fully saturated rings. The van der Waals surface area contributed by atoms with Gasteiger partial charge in [0, 0.05) is 12.9 Å². The van der Waals surface area contributed by atoms with Gasteiger partial charge >= 0.3 is 0 Å². The Kier molecular flexibility index (Phi) is 6.47. The first kappa shape index (κ1) is 15.8. The van der Waals surface area contributed by atoms with Gasteiger partial charge in [-0.3, -0.25) is 11.3 Å². The molecule has 98 valence electrons. The third-order valence-corrected chi connectivity index (χ3v) is 3.87. The number of sulfone groups is 1. The molecular formula is C10H24N2O3S. The van der Waals surface area contributed by atoms with E-state index in [0.717, 1.165) is 6.42 Å². The van der Waals surface area contributed by atoms with Crippen molar-refractivity contribution in [2.45, 2.75) is 45.3 Å². The Labute approximate surface area is 98.6 Å². The van der Waals surface area contributed by atoms with Gasteiger partial charge in [0.1, 0.15) is 9.84 Å². The SMILES string of the molecule is CCOC(C)(CC)C(CCS(C)(=O)=O)NN. The van der Waals surface area contributed by atoms with E-state index in [1.54, 1.807) is 0 Å². The highest BCUT2D eigenvalue weighted by Crippen LogP contribution is 2.22. The molecule has 0 spiro atoms. The van der Waals surface area contributed by atoms with E-state index in [1.807, 2.05) is 20.8 Å². The van der Waals surface area contributed by atoms with Crippen molar-refractivity contribution in [2.24, 2.45) is 5.84 Å². The minimum absolute atomic E-state index is 0.116. The third kappa shape index (κ3) is 5.25. The highest BCUT2D eigenvalue weighted by molar-refractivity contribution is 7.90. The number of hydrogen-bond acceptors (Lipinski definition) is 5. The Hall–Kier alpha value is -0.170. The molecule has 0 heterocycles. The molecule has 2 unspecified atom stereocenters. The molecule has 6 heteroatoms. The van der Waals surface area contributed by atoms with Crippen molar-refractivity contribution in [2.75, 3.05) is 18.6 Å². The minimum atomic E-state index is -2.96. The average Bonchev–Trinajstić information content (AvgIpc) is 2.17. The summed E-state index contributed by atoms with van der Waals surface area (Å²) in [7, 11) is -2.96. The number of nitrogens with one attached hydrogen (secondary N) is 1. The Morgan fingerprint density at radius 1 is 1.44 bits per heavy atom. The van der Waals surface area contributed by atoms with Gasteiger partial charge in [-0.1, -0.05) is 6.92 Å². The van der Waals surface area contributed by atoms with Crippen LogP contribution < -0.4 is 11.3 Å². The van der Waals surface area contributed by atoms with Crippen molar-refractivity contribution in [3.8, 4) is 0 Å². The van der Waals surface area contributed by atoms with Gasteiger partial charge in [-0.2, -0.15) is 0 Å². The van der Waals surface area contributed by atoms with Gasteiger partial charge in [-0.05, 0) is 26.7 Å². The van der Waals surface area contributed by atoms with Crippen LogP contribution in [0.15, 0.2) is 0 Å². The van der Waals surface area contributed by atoms with Crippen molar-refractivity contribution in [3.05, 3.63) is 0 Å². The fourth-order valence-electron chi connectivity index (χ4n) is 1.68. The van der Waals surface area contributed by atoms with Gasteiger partial charge in [0.05, 0.1) is 17.4 Å². The maximum Gasteiger partial charge on any atom is 0.147 e. The van der Waals surface area contributed by atoms with Crippen LogP contribution in [0, 0.1) is 0 Å². The number of hydrazine groups is 1. The molecule has 0 bridgehead atoms. The number of rotatable bonds is 8. The summed E-state index contributed by atoms with van der Waals surface area (Å²) < 4.78 is 27.9. The minimum Gasteiger partial charge on any atom is -0.374 e. The predicted octanol–water partition coefficient (Wildman–Crippen LogP) is 0.458. The third-order valence-electron chi connectivity index (χ3n) is 2.89. The van der Waals surface area contributed by atoms with E-state index in [9.17, 15) is 8.42 Å². The van der Waals surface area contributed by atoms with E-state index < -0.39 is 15.4 Å². The van der Waals surface area contributed by atoms with E-state index in [0.29, 0.717) is 13.0 Å². The molecular weight excluding hydrogens is 228 g/mol. The monoisotopic (exact) mass is 252 g/mol. The van der Waals surface area contributed by atoms with E-state index >= 15 is 0 Å². The summed E-state index contributed by atoms with van der Waals surface area (Å²) in [5, 5.41) is 0. The van der Waals surface area contributed by atoms with Gasteiger partial charge < -0.3 is 4.74 Å². The Morgan fingerprint density at radius 3 is 2.31 bits per heavy atom. The standard InChI is InChI=1S/C10H24N2O3S/c1-5-10(3,15-6-2)9(12-11)7-8-16(4,13)14/h9,12H,5-8,11H2,1-4H3. The highest BCUT2D eigenvalue weighted by atomic mass is 32.2. The lowest BCUT2D eigenvalue weighted by molar-refractivity contribution is -0.0557. The first-order valence-electron chi connectivity index (χ1n) is 5.57. The van der Waals surface area contributed by atoms with Gasteiger partial charge in [0.15, 0.2) is 0 Å². The maximum atomic E-state index is 11.1. The zero-order chi connectivity index (χ0) is 12.8. The maximum absolute atomic E-state index is 11.1. The Balaban J connectivity index is 4.56. The van der Waals surface area contributed by atoms with Crippen molar-refractivity contribution in [3.63, 3.8) is 0 Å². The lowest BCUT2D eigenvalue weighted by Gasteiger charge is -2.36. The van der Waals surface area contributed by atoms with Crippen LogP contribution in [0.3, 0.4) is 0 Å². The van der Waals surface area contributed by atoms with Crippen molar-refractivity contribution in [1.82, 2.24) is 5.43 Å². The van der Waals surface area contributed by atoms with Crippen LogP contribution in [0.2, 0.25) is 0 Å². The van der Waals surface area contributed by atoms with Gasteiger partial charge in [0.2, 0.25) is 0 Å². The highest BCUT2D eigenvalue weighted by Gasteiger charge is 2.32. The van der Waals surface area contributed by atoms with Gasteiger partial charge in [0.25, 0.3) is 0 Å². The largest absolute Gasteiger partial charge is 0.374 e. The zero-order valence-corrected chi connectivity index (χ0v) is 11.4. The van der Waals surface area contributed by atoms with Crippen molar-refractivity contribution < 1.29 is 13.2 Å². The van der Waals surface area contributed by atoms with Crippen LogP contribution in [0.4, 0.5) is 0 Å². The fourth-order valence-corrected chi connectivity index (χ4v) is 2.34. The number of nitrogens with two attached hydrogens (primary N) is 1. The quantitative estimate of drug-likeness (QED) is 0.484. The zero-order valence-electron chi connectivity index (χ0n) is 10.6. The van der Waals surface area contributed by atoms with Crippen molar-refractivity contribution >= 4 is 9.84 Å². The van der Waals surface area contributed by atoms with E-state index in [4.69, 9.17) is 10.6 Å². The van der Waals surface area contributed by atoms with Crippen LogP contribution in [0.5, 0.6) is 0 Å². The molecule has 3 N–H and O–H groups in total. The molecule has 5 nitrogen and oxygen atoms in total. The molecule has 0 aliphatic carbocycles. The first-order valence-corrected chi connectivity index (χ1v) is 7.63. The van der Waals surface area contributed by atoms with Crippen LogP contribution in [-0.4, -0.2) is 38.7 Å². The second-order valence-electron chi connectivity index (χ2n) is 4.24. The number of hydrogen-bond donors (Lipinski definition) is 2. The van der Waals surface area contributed by atoms with Crippen LogP contribution in [0.1, 0.15) is 33.6 Å². The molecule has 2 atom stereocenters. The topological polar surface area (TPSA) is 81.4 Å². The summed E-state index contributed by atoms with van der Waals surface area (Å²) in [6, 6.07) is -0.160. The molecule has 0 radical (unpaired) electrons. The molecule has 0 aromatic rings. The molecule has 16 heavy (non-hydrogen) atoms. The van der Waals surface area contributed by atoms with E-state index in [-0.39, 0.29) is 11.8 Å². The van der Waals surface area contributed by atoms with Crippen LogP contribution in [-0.2, 0) is 14.6 Å². The molecule has 0 aliphatic rings. The summed E-state index contributed by atoms with van der Waals surface area (Å²) in [5.74, 6) is 5.58. The first-order chi connectivity index (χ1) is 7.29. The van der Waals surface area contributed by atoms with E-state index in [1.165, 1.54) is 6.26 Å². The molecule has 0 aromatic heterocycles. The molecule has 0 saturated heterocycles. The van der Waals surface area contributed by atoms with Gasteiger partial charge in [-0.25, -0.2) is 8.42 Å². The fraction of sp³-hybridized carbons (Fsp3) is 1.00. The molecule has 0 rings (SSSR count). The lowest BCUT2D eigenvalue weighted by atomic mass is 9.91. The summed E-state index contributed by atoms with van der Waals surface area (Å²) in [6.07, 6.45) is 2.46. The summed E-state index contributed by atoms with van der Waals surface area (Å²) in [4.78, 5) is 0. The smallest absolute Gasteiger partial charge is 0.147 e. The number of ether oxygens (including phenoxy) is 1. The average molecular weight is 252 g/mol. The molecule has 0 amide bonds.